The molecule has 0 atom stereocenters. The molecule has 0 unspecified atom stereocenters. The number of nitrogens with zero attached hydrogens (tertiary/aromatic N) is 5. The van der Waals surface area contributed by atoms with Gasteiger partial charge in [0.25, 0.3) is 5.91 Å². The summed E-state index contributed by atoms with van der Waals surface area (Å²) in [6, 6.07) is 2.72. The first kappa shape index (κ1) is 19.1. The van der Waals surface area contributed by atoms with E-state index in [9.17, 15) is 9.18 Å². The van der Waals surface area contributed by atoms with Crippen molar-refractivity contribution in [3.05, 3.63) is 59.1 Å². The van der Waals surface area contributed by atoms with Crippen molar-refractivity contribution >= 4 is 36.2 Å². The summed E-state index contributed by atoms with van der Waals surface area (Å²) in [6.45, 7) is 5.45. The molecule has 2 heterocycles. The van der Waals surface area contributed by atoms with Crippen LogP contribution in [0, 0.1) is 12.7 Å². The molecule has 0 bridgehead atoms. The van der Waals surface area contributed by atoms with Gasteiger partial charge in [0.15, 0.2) is 5.82 Å². The minimum absolute atomic E-state index is 0.0456. The standard InChI is InChI=1S/C20H18ClFN6O/c1-12-24-5-6-27(12)11-19(23-2)28-10-13(9-25-28)15-7-16(18(22)8-17(15)21)20(29)26-14-3-4-14/h5-11,14H,2-4H2,1H3,(H,26,29)/b19-11+. The fourth-order valence-electron chi connectivity index (χ4n) is 2.84. The lowest BCUT2D eigenvalue weighted by molar-refractivity contribution is 0.0947. The van der Waals surface area contributed by atoms with Crippen molar-refractivity contribution in [1.29, 1.82) is 0 Å². The minimum atomic E-state index is -0.659. The molecule has 3 aromatic rings. The van der Waals surface area contributed by atoms with Crippen molar-refractivity contribution in [2.75, 3.05) is 0 Å². The lowest BCUT2D eigenvalue weighted by Crippen LogP contribution is -2.26. The SMILES string of the molecule is C=N/C(=C\n1ccnc1C)n1cc(-c2cc(C(=O)NC3CC3)c(F)cc2Cl)cn1. The summed E-state index contributed by atoms with van der Waals surface area (Å²) in [4.78, 5) is 20.5. The summed E-state index contributed by atoms with van der Waals surface area (Å²) < 4.78 is 17.6. The summed E-state index contributed by atoms with van der Waals surface area (Å²) in [5.74, 6) is 0.140. The molecule has 0 saturated heterocycles. The molecule has 1 saturated carbocycles. The normalized spacial score (nSPS) is 14.1. The van der Waals surface area contributed by atoms with Crippen LogP contribution in [0.5, 0.6) is 0 Å². The Morgan fingerprint density at radius 1 is 1.45 bits per heavy atom. The maximum atomic E-state index is 14.3. The van der Waals surface area contributed by atoms with Gasteiger partial charge in [0.1, 0.15) is 11.6 Å². The van der Waals surface area contributed by atoms with Crippen LogP contribution < -0.4 is 5.32 Å². The molecule has 1 aromatic carbocycles. The van der Waals surface area contributed by atoms with Gasteiger partial charge in [0, 0.05) is 35.8 Å². The van der Waals surface area contributed by atoms with Gasteiger partial charge in [-0.05, 0) is 38.6 Å². The van der Waals surface area contributed by atoms with E-state index in [0.29, 0.717) is 16.9 Å². The van der Waals surface area contributed by atoms with Gasteiger partial charge in [-0.2, -0.15) is 5.10 Å². The van der Waals surface area contributed by atoms with Crippen molar-refractivity contribution in [3.8, 4) is 11.1 Å². The highest BCUT2D eigenvalue weighted by atomic mass is 35.5. The number of hydrogen-bond donors (Lipinski definition) is 1. The van der Waals surface area contributed by atoms with Crippen LogP contribution in [0.25, 0.3) is 23.1 Å². The second kappa shape index (κ2) is 7.63. The average molecular weight is 413 g/mol. The van der Waals surface area contributed by atoms with Gasteiger partial charge in [-0.3, -0.25) is 4.79 Å². The Labute approximate surface area is 171 Å². The van der Waals surface area contributed by atoms with E-state index in [1.54, 1.807) is 35.6 Å². The highest BCUT2D eigenvalue weighted by Crippen LogP contribution is 2.31. The minimum Gasteiger partial charge on any atom is -0.349 e. The predicted molar refractivity (Wildman–Crippen MR) is 110 cm³/mol. The maximum absolute atomic E-state index is 14.3. The maximum Gasteiger partial charge on any atom is 0.254 e. The van der Waals surface area contributed by atoms with Crippen molar-refractivity contribution < 1.29 is 9.18 Å². The number of nitrogens with one attached hydrogen (secondary N) is 1. The van der Waals surface area contributed by atoms with E-state index in [-0.39, 0.29) is 16.6 Å². The van der Waals surface area contributed by atoms with Gasteiger partial charge in [0.2, 0.25) is 0 Å². The molecule has 0 aliphatic heterocycles. The number of carbonyl (C=O) groups is 1. The first-order valence-corrected chi connectivity index (χ1v) is 9.37. The lowest BCUT2D eigenvalue weighted by atomic mass is 10.0. The number of aromatic nitrogens is 4. The van der Waals surface area contributed by atoms with Gasteiger partial charge in [0.05, 0.1) is 23.0 Å². The second-order valence-corrected chi connectivity index (χ2v) is 7.17. The number of carbonyl (C=O) groups excluding carboxylic acids is 1. The van der Waals surface area contributed by atoms with E-state index in [1.165, 1.54) is 10.7 Å². The average Bonchev–Trinajstić information content (AvgIpc) is 3.20. The zero-order chi connectivity index (χ0) is 20.5. The van der Waals surface area contributed by atoms with Crippen LogP contribution in [-0.2, 0) is 0 Å². The number of halogens is 2. The predicted octanol–water partition coefficient (Wildman–Crippen LogP) is 3.85. The van der Waals surface area contributed by atoms with Gasteiger partial charge >= 0.3 is 0 Å². The van der Waals surface area contributed by atoms with E-state index < -0.39 is 11.7 Å². The summed E-state index contributed by atoms with van der Waals surface area (Å²) in [5, 5.41) is 7.27. The number of benzene rings is 1. The largest absolute Gasteiger partial charge is 0.349 e. The number of rotatable bonds is 6. The van der Waals surface area contributed by atoms with Crippen LogP contribution in [0.2, 0.25) is 5.02 Å². The van der Waals surface area contributed by atoms with Gasteiger partial charge in [-0.15, -0.1) is 0 Å². The third kappa shape index (κ3) is 3.97. The first-order valence-electron chi connectivity index (χ1n) is 8.99. The molecule has 148 valence electrons. The van der Waals surface area contributed by atoms with Gasteiger partial charge < -0.3 is 9.88 Å². The van der Waals surface area contributed by atoms with E-state index in [4.69, 9.17) is 11.6 Å². The molecule has 7 nitrogen and oxygen atoms in total. The molecule has 0 radical (unpaired) electrons. The van der Waals surface area contributed by atoms with Crippen molar-refractivity contribution in [2.24, 2.45) is 4.99 Å². The van der Waals surface area contributed by atoms with Crippen LogP contribution in [-0.4, -0.2) is 38.0 Å². The highest BCUT2D eigenvalue weighted by Gasteiger charge is 2.26. The molecule has 9 heteroatoms. The summed E-state index contributed by atoms with van der Waals surface area (Å²) in [6.07, 6.45) is 10.3. The molecule has 1 N–H and O–H groups in total. The van der Waals surface area contributed by atoms with Crippen LogP contribution in [0.3, 0.4) is 0 Å². The number of amides is 1. The van der Waals surface area contributed by atoms with Crippen LogP contribution in [0.15, 0.2) is 41.9 Å². The Morgan fingerprint density at radius 3 is 2.90 bits per heavy atom. The monoisotopic (exact) mass is 412 g/mol. The number of hydrogen-bond acceptors (Lipinski definition) is 4. The Bertz CT molecular complexity index is 1130. The van der Waals surface area contributed by atoms with Crippen molar-refractivity contribution in [3.63, 3.8) is 0 Å². The molecule has 29 heavy (non-hydrogen) atoms. The quantitative estimate of drug-likeness (QED) is 0.624. The Kier molecular flexibility index (Phi) is 5.02. The van der Waals surface area contributed by atoms with Crippen LogP contribution in [0.4, 0.5) is 4.39 Å². The smallest absolute Gasteiger partial charge is 0.254 e. The molecular weight excluding hydrogens is 395 g/mol. The van der Waals surface area contributed by atoms with Gasteiger partial charge in [-0.25, -0.2) is 19.0 Å². The third-order valence-electron chi connectivity index (χ3n) is 4.62. The Balaban J connectivity index is 1.68. The van der Waals surface area contributed by atoms with Crippen LogP contribution in [0.1, 0.15) is 29.0 Å². The fourth-order valence-corrected chi connectivity index (χ4v) is 3.10. The molecule has 1 aliphatic rings. The number of imidazole rings is 1. The highest BCUT2D eigenvalue weighted by molar-refractivity contribution is 6.33. The van der Waals surface area contributed by atoms with E-state index in [2.05, 4.69) is 27.1 Å². The Hall–Kier alpha value is -3.26. The Morgan fingerprint density at radius 2 is 2.24 bits per heavy atom. The van der Waals surface area contributed by atoms with Crippen LogP contribution >= 0.6 is 11.6 Å². The summed E-state index contributed by atoms with van der Waals surface area (Å²) in [7, 11) is 0. The molecule has 2 aromatic heterocycles. The fraction of sp³-hybridized carbons (Fsp3) is 0.200. The molecule has 0 spiro atoms. The van der Waals surface area contributed by atoms with E-state index >= 15 is 0 Å². The second-order valence-electron chi connectivity index (χ2n) is 6.76. The zero-order valence-corrected chi connectivity index (χ0v) is 16.4. The number of aryl methyl sites for hydroxylation is 1. The summed E-state index contributed by atoms with van der Waals surface area (Å²) >= 11 is 6.25. The zero-order valence-electron chi connectivity index (χ0n) is 15.6. The summed E-state index contributed by atoms with van der Waals surface area (Å²) in [5.41, 5.74) is 1.07. The molecule has 4 rings (SSSR count). The van der Waals surface area contributed by atoms with Gasteiger partial charge in [-0.1, -0.05) is 11.6 Å². The van der Waals surface area contributed by atoms with E-state index in [1.807, 2.05) is 6.92 Å². The third-order valence-corrected chi connectivity index (χ3v) is 4.93. The first-order chi connectivity index (χ1) is 14.0. The number of aliphatic imine (C=N–C) groups is 1. The van der Waals surface area contributed by atoms with E-state index in [0.717, 1.165) is 24.7 Å². The topological polar surface area (TPSA) is 77.1 Å². The molecule has 1 aliphatic carbocycles. The van der Waals surface area contributed by atoms with Crippen molar-refractivity contribution in [2.45, 2.75) is 25.8 Å². The lowest BCUT2D eigenvalue weighted by Gasteiger charge is -2.08. The molecule has 1 fully saturated rings. The molecular formula is C20H18ClFN6O. The van der Waals surface area contributed by atoms with Crippen molar-refractivity contribution in [1.82, 2.24) is 24.6 Å². The molecule has 1 amide bonds.